The number of nitrogen functional groups attached to an aromatic ring is 1. The molecule has 0 aliphatic rings. The predicted octanol–water partition coefficient (Wildman–Crippen LogP) is 5.13. The summed E-state index contributed by atoms with van der Waals surface area (Å²) in [4.78, 5) is 18.6. The number of alkyl halides is 6. The number of carboxylic acid groups (broad SMARTS) is 2. The Balaban J connectivity index is 0.000000574. The molecule has 0 atom stereocenters. The van der Waals surface area contributed by atoms with Crippen molar-refractivity contribution in [2.24, 2.45) is 11.5 Å². The van der Waals surface area contributed by atoms with Gasteiger partial charge in [0.15, 0.2) is 5.96 Å². The number of nitrogens with two attached hydrogens (primary N) is 2. The molecule has 20 heteroatoms. The molecule has 9 N–H and O–H groups in total. The van der Waals surface area contributed by atoms with Crippen molar-refractivity contribution in [3.8, 4) is 11.1 Å². The molecule has 11 nitrogen and oxygen atoms in total. The van der Waals surface area contributed by atoms with Crippen LogP contribution < -0.4 is 16.8 Å². The highest BCUT2D eigenvalue weighted by Gasteiger charge is 2.39. The van der Waals surface area contributed by atoms with E-state index in [1.165, 1.54) is 29.2 Å². The number of guanidine groups is 1. The molecule has 0 saturated heterocycles. The number of carboxylic acids is 2. The van der Waals surface area contributed by atoms with E-state index >= 15 is 0 Å². The number of carbonyl (C=O) groups is 2. The van der Waals surface area contributed by atoms with Crippen molar-refractivity contribution in [2.45, 2.75) is 33.3 Å². The Morgan fingerprint density at radius 1 is 0.909 bits per heavy atom. The third-order valence-electron chi connectivity index (χ3n) is 4.94. The Labute approximate surface area is 253 Å². The number of nitrogens with one attached hydrogen (secondary N) is 3. The minimum absolute atomic E-state index is 0.151. The number of anilines is 1. The zero-order chi connectivity index (χ0) is 34.2. The van der Waals surface area contributed by atoms with Gasteiger partial charge in [0, 0.05) is 5.69 Å². The van der Waals surface area contributed by atoms with Gasteiger partial charge in [-0.15, -0.1) is 23.1 Å². The van der Waals surface area contributed by atoms with Crippen molar-refractivity contribution >= 4 is 62.4 Å². The molecule has 240 valence electrons. The number of sulfone groups is 1. The molecule has 0 fully saturated rings. The number of rotatable bonds is 6. The molecule has 2 aromatic carbocycles. The van der Waals surface area contributed by atoms with Crippen molar-refractivity contribution < 1.29 is 54.6 Å². The second-order valence-electron chi connectivity index (χ2n) is 8.03. The van der Waals surface area contributed by atoms with E-state index in [0.717, 1.165) is 11.1 Å². The lowest BCUT2D eigenvalue weighted by atomic mass is 10.0. The second kappa shape index (κ2) is 14.9. The van der Waals surface area contributed by atoms with E-state index in [9.17, 15) is 34.8 Å². The monoisotopic (exact) mass is 687 g/mol. The van der Waals surface area contributed by atoms with Gasteiger partial charge >= 0.3 is 24.3 Å². The fourth-order valence-electron chi connectivity index (χ4n) is 3.05. The van der Waals surface area contributed by atoms with Crippen LogP contribution in [0.2, 0.25) is 0 Å². The standard InChI is InChI=1S/C20H21N5O2S3.2C2HF3O2/c1-11-14(12-6-8-13(9-7-12)25-20(23)24)4-3-5-16(11)30(26,27)17-10-15(18(21)22)29-19(17)28-2;2*3-2(4,5)1(6)7/h3-10H,1-2H3,(H3,21,22)(H4,23,24,25);2*(H,6,7). The van der Waals surface area contributed by atoms with Gasteiger partial charge in [-0.25, -0.2) is 18.0 Å². The van der Waals surface area contributed by atoms with Crippen LogP contribution in [-0.4, -0.2) is 61.0 Å². The van der Waals surface area contributed by atoms with Crippen LogP contribution in [0.15, 0.2) is 62.5 Å². The summed E-state index contributed by atoms with van der Waals surface area (Å²) in [5.74, 6) is -5.82. The Hall–Kier alpha value is -4.30. The summed E-state index contributed by atoms with van der Waals surface area (Å²) in [6.07, 6.45) is -8.37. The second-order valence-corrected chi connectivity index (χ2v) is 12.0. The Bertz CT molecular complexity index is 1620. The molecule has 0 saturated carbocycles. The fraction of sp³-hybridized carbons (Fsp3) is 0.167. The zero-order valence-corrected chi connectivity index (χ0v) is 24.7. The van der Waals surface area contributed by atoms with Crippen molar-refractivity contribution in [2.75, 3.05) is 11.6 Å². The number of thioether (sulfide) groups is 1. The smallest absolute Gasteiger partial charge is 0.475 e. The summed E-state index contributed by atoms with van der Waals surface area (Å²) in [5.41, 5.74) is 13.9. The van der Waals surface area contributed by atoms with Crippen LogP contribution in [0.1, 0.15) is 10.4 Å². The van der Waals surface area contributed by atoms with Gasteiger partial charge in [0.1, 0.15) is 5.84 Å². The lowest BCUT2D eigenvalue weighted by Crippen LogP contribution is -2.21. The number of hydrogen-bond donors (Lipinski definition) is 7. The molecule has 0 amide bonds. The number of hydrogen-bond acceptors (Lipinski definition) is 8. The molecular weight excluding hydrogens is 664 g/mol. The molecule has 1 heterocycles. The summed E-state index contributed by atoms with van der Waals surface area (Å²) in [6.45, 7) is 1.78. The quantitative estimate of drug-likeness (QED) is 0.0783. The summed E-state index contributed by atoms with van der Waals surface area (Å²) in [7, 11) is -3.80. The van der Waals surface area contributed by atoms with Gasteiger partial charge < -0.3 is 27.0 Å². The van der Waals surface area contributed by atoms with Gasteiger partial charge in [-0.3, -0.25) is 10.8 Å². The van der Waals surface area contributed by atoms with E-state index in [-0.39, 0.29) is 21.6 Å². The highest BCUT2D eigenvalue weighted by atomic mass is 32.2. The van der Waals surface area contributed by atoms with Crippen LogP contribution in [0.3, 0.4) is 0 Å². The highest BCUT2D eigenvalue weighted by molar-refractivity contribution is 8.01. The average molecular weight is 688 g/mol. The summed E-state index contributed by atoms with van der Waals surface area (Å²) in [5, 5.41) is 31.9. The maximum absolute atomic E-state index is 13.5. The molecule has 0 bridgehead atoms. The van der Waals surface area contributed by atoms with E-state index in [0.29, 0.717) is 20.3 Å². The molecule has 3 aromatic rings. The van der Waals surface area contributed by atoms with Crippen LogP contribution >= 0.6 is 23.1 Å². The summed E-state index contributed by atoms with van der Waals surface area (Å²) in [6, 6.07) is 13.9. The highest BCUT2D eigenvalue weighted by Crippen LogP contribution is 2.39. The summed E-state index contributed by atoms with van der Waals surface area (Å²) < 4.78 is 91.0. The van der Waals surface area contributed by atoms with Gasteiger partial charge in [0.2, 0.25) is 9.84 Å². The topological polar surface area (TPSA) is 221 Å². The van der Waals surface area contributed by atoms with Crippen LogP contribution in [0.4, 0.5) is 32.0 Å². The lowest BCUT2D eigenvalue weighted by Gasteiger charge is -2.13. The van der Waals surface area contributed by atoms with E-state index in [2.05, 4.69) is 5.32 Å². The van der Waals surface area contributed by atoms with E-state index in [1.807, 2.05) is 18.2 Å². The van der Waals surface area contributed by atoms with Crippen molar-refractivity contribution in [3.05, 3.63) is 59.0 Å². The molecule has 0 aliphatic carbocycles. The van der Waals surface area contributed by atoms with Gasteiger partial charge in [0.05, 0.1) is 18.9 Å². The van der Waals surface area contributed by atoms with Gasteiger partial charge in [-0.05, 0) is 54.1 Å². The number of benzene rings is 2. The first-order chi connectivity index (χ1) is 20.0. The van der Waals surface area contributed by atoms with Gasteiger partial charge in [-0.1, -0.05) is 24.3 Å². The minimum Gasteiger partial charge on any atom is -0.475 e. The lowest BCUT2D eigenvalue weighted by molar-refractivity contribution is -0.193. The van der Waals surface area contributed by atoms with Crippen LogP contribution in [0, 0.1) is 17.7 Å². The average Bonchev–Trinajstić information content (AvgIpc) is 3.35. The molecule has 0 spiro atoms. The van der Waals surface area contributed by atoms with E-state index in [4.69, 9.17) is 42.1 Å². The Kier molecular flexibility index (Phi) is 12.8. The van der Waals surface area contributed by atoms with Gasteiger partial charge in [-0.2, -0.15) is 26.3 Å². The zero-order valence-electron chi connectivity index (χ0n) is 22.3. The molecule has 3 rings (SSSR count). The van der Waals surface area contributed by atoms with E-state index < -0.39 is 34.1 Å². The molecule has 0 aliphatic heterocycles. The maximum Gasteiger partial charge on any atom is 0.490 e. The largest absolute Gasteiger partial charge is 0.490 e. The van der Waals surface area contributed by atoms with Crippen LogP contribution in [-0.2, 0) is 19.4 Å². The molecule has 1 aromatic heterocycles. The normalized spacial score (nSPS) is 11.3. The molecule has 44 heavy (non-hydrogen) atoms. The van der Waals surface area contributed by atoms with Crippen molar-refractivity contribution in [3.63, 3.8) is 0 Å². The summed E-state index contributed by atoms with van der Waals surface area (Å²) >= 11 is 2.52. The molecule has 0 radical (unpaired) electrons. The van der Waals surface area contributed by atoms with Crippen molar-refractivity contribution in [1.82, 2.24) is 0 Å². The van der Waals surface area contributed by atoms with Crippen molar-refractivity contribution in [1.29, 1.82) is 10.8 Å². The van der Waals surface area contributed by atoms with Crippen LogP contribution in [0.5, 0.6) is 0 Å². The fourth-order valence-corrected chi connectivity index (χ4v) is 7.16. The number of thiophene rings is 1. The first-order valence-corrected chi connectivity index (χ1v) is 14.7. The Morgan fingerprint density at radius 3 is 1.77 bits per heavy atom. The third kappa shape index (κ3) is 10.5. The number of amidine groups is 1. The SMILES string of the molecule is CSc1sc(C(=N)N)cc1S(=O)(=O)c1cccc(-c2ccc(NC(=N)N)cc2)c1C.O=C(O)C(F)(F)F.O=C(O)C(F)(F)F. The van der Waals surface area contributed by atoms with E-state index in [1.54, 1.807) is 37.4 Å². The number of aliphatic carboxylic acids is 2. The predicted molar refractivity (Wildman–Crippen MR) is 152 cm³/mol. The minimum atomic E-state index is -5.08. The first-order valence-electron chi connectivity index (χ1n) is 11.2. The molecular formula is C24H23F6N5O6S3. The van der Waals surface area contributed by atoms with Crippen LogP contribution in [0.25, 0.3) is 11.1 Å². The number of halogens is 6. The first kappa shape index (κ1) is 37.7. The maximum atomic E-state index is 13.5. The Morgan fingerprint density at radius 2 is 1.39 bits per heavy atom. The third-order valence-corrected chi connectivity index (χ3v) is 9.42. The van der Waals surface area contributed by atoms with Gasteiger partial charge in [0.25, 0.3) is 0 Å². The molecule has 0 unspecified atom stereocenters.